The van der Waals surface area contributed by atoms with Gasteiger partial charge in [0.15, 0.2) is 0 Å². The van der Waals surface area contributed by atoms with Crippen LogP contribution in [0.2, 0.25) is 0 Å². The van der Waals surface area contributed by atoms with Crippen molar-refractivity contribution in [2.24, 2.45) is 0 Å². The highest BCUT2D eigenvalue weighted by Gasteiger charge is 2.22. The first-order valence-electron chi connectivity index (χ1n) is 8.91. The Labute approximate surface area is 139 Å². The lowest BCUT2D eigenvalue weighted by Gasteiger charge is -2.22. The highest BCUT2D eigenvalue weighted by atomic mass is 16.5. The molecular weight excluding hydrogens is 290 g/mol. The van der Waals surface area contributed by atoms with E-state index in [4.69, 9.17) is 9.72 Å². The fourth-order valence-electron chi connectivity index (χ4n) is 3.45. The SMILES string of the molecule is COCCN1CCC(Nc2nccc(N3CCCCCC3)n2)C1. The van der Waals surface area contributed by atoms with E-state index in [-0.39, 0.29) is 0 Å². The number of hydrogen-bond donors (Lipinski definition) is 1. The van der Waals surface area contributed by atoms with Crippen molar-refractivity contribution in [2.75, 3.05) is 56.7 Å². The van der Waals surface area contributed by atoms with E-state index < -0.39 is 0 Å². The van der Waals surface area contributed by atoms with E-state index in [2.05, 4.69) is 20.1 Å². The van der Waals surface area contributed by atoms with Crippen LogP contribution in [0.5, 0.6) is 0 Å². The lowest BCUT2D eigenvalue weighted by molar-refractivity contribution is 0.160. The van der Waals surface area contributed by atoms with Crippen LogP contribution >= 0.6 is 0 Å². The predicted molar refractivity (Wildman–Crippen MR) is 93.1 cm³/mol. The Morgan fingerprint density at radius 3 is 2.83 bits per heavy atom. The molecule has 0 spiro atoms. The molecule has 0 radical (unpaired) electrons. The van der Waals surface area contributed by atoms with Gasteiger partial charge in [-0.25, -0.2) is 4.98 Å². The molecule has 0 aliphatic carbocycles. The molecule has 128 valence electrons. The number of likely N-dealkylation sites (tertiary alicyclic amines) is 1. The van der Waals surface area contributed by atoms with Crippen molar-refractivity contribution in [3.05, 3.63) is 12.3 Å². The summed E-state index contributed by atoms with van der Waals surface area (Å²) < 4.78 is 5.16. The maximum Gasteiger partial charge on any atom is 0.224 e. The predicted octanol–water partition coefficient (Wildman–Crippen LogP) is 1.99. The van der Waals surface area contributed by atoms with Crippen LogP contribution in [0.4, 0.5) is 11.8 Å². The van der Waals surface area contributed by atoms with Gasteiger partial charge < -0.3 is 15.0 Å². The number of nitrogens with one attached hydrogen (secondary N) is 1. The molecule has 2 fully saturated rings. The van der Waals surface area contributed by atoms with Crippen LogP contribution in [0, 0.1) is 0 Å². The van der Waals surface area contributed by atoms with Gasteiger partial charge in [-0.3, -0.25) is 4.90 Å². The van der Waals surface area contributed by atoms with Crippen LogP contribution < -0.4 is 10.2 Å². The molecule has 1 aromatic rings. The van der Waals surface area contributed by atoms with Gasteiger partial charge in [-0.05, 0) is 25.3 Å². The molecule has 2 aliphatic rings. The topological polar surface area (TPSA) is 53.5 Å². The molecule has 6 nitrogen and oxygen atoms in total. The van der Waals surface area contributed by atoms with E-state index in [0.29, 0.717) is 6.04 Å². The second-order valence-corrected chi connectivity index (χ2v) is 6.56. The lowest BCUT2D eigenvalue weighted by atomic mass is 10.2. The third-order valence-electron chi connectivity index (χ3n) is 4.79. The Morgan fingerprint density at radius 1 is 1.22 bits per heavy atom. The van der Waals surface area contributed by atoms with Crippen LogP contribution in [0.15, 0.2) is 12.3 Å². The molecule has 0 saturated carbocycles. The van der Waals surface area contributed by atoms with Crippen molar-refractivity contribution in [3.8, 4) is 0 Å². The van der Waals surface area contributed by atoms with Gasteiger partial charge in [0.1, 0.15) is 5.82 Å². The number of rotatable bonds is 6. The Kier molecular flexibility index (Phi) is 6.05. The summed E-state index contributed by atoms with van der Waals surface area (Å²) in [6, 6.07) is 2.47. The van der Waals surface area contributed by atoms with E-state index in [9.17, 15) is 0 Å². The molecule has 3 heterocycles. The summed E-state index contributed by atoms with van der Waals surface area (Å²) in [5, 5.41) is 3.51. The molecule has 2 aliphatic heterocycles. The summed E-state index contributed by atoms with van der Waals surface area (Å²) in [6.07, 6.45) is 8.24. The highest BCUT2D eigenvalue weighted by Crippen LogP contribution is 2.19. The van der Waals surface area contributed by atoms with Crippen LogP contribution in [0.1, 0.15) is 32.1 Å². The second kappa shape index (κ2) is 8.45. The molecule has 1 unspecified atom stereocenters. The van der Waals surface area contributed by atoms with Crippen molar-refractivity contribution in [2.45, 2.75) is 38.1 Å². The van der Waals surface area contributed by atoms with Gasteiger partial charge in [0.2, 0.25) is 5.95 Å². The second-order valence-electron chi connectivity index (χ2n) is 6.56. The molecule has 23 heavy (non-hydrogen) atoms. The van der Waals surface area contributed by atoms with Crippen LogP contribution in [-0.4, -0.2) is 67.4 Å². The van der Waals surface area contributed by atoms with E-state index in [1.807, 2.05) is 12.3 Å². The van der Waals surface area contributed by atoms with Crippen molar-refractivity contribution >= 4 is 11.8 Å². The molecule has 2 saturated heterocycles. The van der Waals surface area contributed by atoms with Crippen molar-refractivity contribution in [1.82, 2.24) is 14.9 Å². The van der Waals surface area contributed by atoms with Gasteiger partial charge in [0, 0.05) is 52.1 Å². The Morgan fingerprint density at radius 2 is 2.04 bits per heavy atom. The van der Waals surface area contributed by atoms with Gasteiger partial charge >= 0.3 is 0 Å². The van der Waals surface area contributed by atoms with Crippen molar-refractivity contribution in [3.63, 3.8) is 0 Å². The zero-order valence-electron chi connectivity index (χ0n) is 14.2. The van der Waals surface area contributed by atoms with Gasteiger partial charge in [-0.15, -0.1) is 0 Å². The molecule has 1 atom stereocenters. The minimum Gasteiger partial charge on any atom is -0.383 e. The molecule has 3 rings (SSSR count). The summed E-state index contributed by atoms with van der Waals surface area (Å²) in [6.45, 7) is 6.19. The quantitative estimate of drug-likeness (QED) is 0.865. The maximum absolute atomic E-state index is 5.16. The number of nitrogens with zero attached hydrogens (tertiary/aromatic N) is 4. The Bertz CT molecular complexity index is 476. The summed E-state index contributed by atoms with van der Waals surface area (Å²) in [5.41, 5.74) is 0. The number of anilines is 2. The summed E-state index contributed by atoms with van der Waals surface area (Å²) in [4.78, 5) is 14.0. The number of hydrogen-bond acceptors (Lipinski definition) is 6. The molecule has 0 bridgehead atoms. The number of aromatic nitrogens is 2. The molecule has 1 N–H and O–H groups in total. The Balaban J connectivity index is 1.55. The molecule has 0 aromatic carbocycles. The third-order valence-corrected chi connectivity index (χ3v) is 4.79. The fraction of sp³-hybridized carbons (Fsp3) is 0.765. The normalized spacial score (nSPS) is 23.0. The summed E-state index contributed by atoms with van der Waals surface area (Å²) in [5.74, 6) is 1.84. The zero-order valence-corrected chi connectivity index (χ0v) is 14.2. The standard InChI is InChI=1S/C17H29N5O/c1-23-13-12-21-11-7-15(14-21)19-17-18-8-6-16(20-17)22-9-4-2-3-5-10-22/h6,8,15H,2-5,7,9-14H2,1H3,(H,18,19,20). The average Bonchev–Trinajstić information content (AvgIpc) is 2.84. The Hall–Kier alpha value is -1.40. The maximum atomic E-state index is 5.16. The minimum absolute atomic E-state index is 0.436. The zero-order chi connectivity index (χ0) is 15.9. The highest BCUT2D eigenvalue weighted by molar-refractivity contribution is 5.43. The van der Waals surface area contributed by atoms with Gasteiger partial charge in [-0.2, -0.15) is 4.98 Å². The summed E-state index contributed by atoms with van der Waals surface area (Å²) in [7, 11) is 1.76. The first-order chi connectivity index (χ1) is 11.3. The largest absolute Gasteiger partial charge is 0.383 e. The number of methoxy groups -OCH3 is 1. The average molecular weight is 319 g/mol. The van der Waals surface area contributed by atoms with E-state index in [1.165, 1.54) is 25.7 Å². The first-order valence-corrected chi connectivity index (χ1v) is 8.91. The van der Waals surface area contributed by atoms with E-state index in [0.717, 1.165) is 57.5 Å². The van der Waals surface area contributed by atoms with Gasteiger partial charge in [0.05, 0.1) is 6.61 Å². The fourth-order valence-corrected chi connectivity index (χ4v) is 3.45. The summed E-state index contributed by atoms with van der Waals surface area (Å²) >= 11 is 0. The number of ether oxygens (including phenoxy) is 1. The third kappa shape index (κ3) is 4.78. The van der Waals surface area contributed by atoms with Gasteiger partial charge in [0.25, 0.3) is 0 Å². The van der Waals surface area contributed by atoms with E-state index >= 15 is 0 Å². The minimum atomic E-state index is 0.436. The van der Waals surface area contributed by atoms with Gasteiger partial charge in [-0.1, -0.05) is 12.8 Å². The van der Waals surface area contributed by atoms with Crippen LogP contribution in [0.25, 0.3) is 0 Å². The van der Waals surface area contributed by atoms with Crippen LogP contribution in [-0.2, 0) is 4.74 Å². The molecule has 1 aromatic heterocycles. The molecular formula is C17H29N5O. The molecule has 6 heteroatoms. The van der Waals surface area contributed by atoms with Crippen molar-refractivity contribution < 1.29 is 4.74 Å². The van der Waals surface area contributed by atoms with Crippen LogP contribution in [0.3, 0.4) is 0 Å². The van der Waals surface area contributed by atoms with Crippen molar-refractivity contribution in [1.29, 1.82) is 0 Å². The monoisotopic (exact) mass is 319 g/mol. The lowest BCUT2D eigenvalue weighted by Crippen LogP contribution is -2.29. The smallest absolute Gasteiger partial charge is 0.224 e. The van der Waals surface area contributed by atoms with E-state index in [1.54, 1.807) is 7.11 Å². The molecule has 0 amide bonds. The first kappa shape index (κ1) is 16.5.